The van der Waals surface area contributed by atoms with Crippen LogP contribution in [0.3, 0.4) is 0 Å². The van der Waals surface area contributed by atoms with Crippen molar-refractivity contribution in [3.05, 3.63) is 35.5 Å². The van der Waals surface area contributed by atoms with E-state index in [0.29, 0.717) is 11.6 Å². The number of ether oxygens (including phenoxy) is 1. The van der Waals surface area contributed by atoms with Crippen molar-refractivity contribution in [3.63, 3.8) is 0 Å². The molecular formula is C19H20F3N5OS. The molecule has 3 rings (SSSR count). The molecule has 0 bridgehead atoms. The van der Waals surface area contributed by atoms with Gasteiger partial charge in [0.1, 0.15) is 23.7 Å². The first-order valence-corrected chi connectivity index (χ1v) is 9.92. The van der Waals surface area contributed by atoms with Crippen molar-refractivity contribution >= 4 is 17.6 Å². The van der Waals surface area contributed by atoms with E-state index in [9.17, 15) is 18.4 Å². The number of benzene rings is 1. The molecule has 2 heterocycles. The summed E-state index contributed by atoms with van der Waals surface area (Å²) in [4.78, 5) is 7.08. The van der Waals surface area contributed by atoms with Crippen LogP contribution in [0.25, 0.3) is 0 Å². The molecule has 0 fully saturated rings. The standard InChI is InChI=1S/C19H20F3N5OS/c1-5-29-14-8-11(28-18(2,3)10-23)6-7-12(14)16-24-13-9-15(19(20,21)22)25-26-17(13)27(16)4/h6-9,13,17H,5H2,1-4H3. The number of alkyl halides is 3. The largest absolute Gasteiger partial charge is 0.473 e. The summed E-state index contributed by atoms with van der Waals surface area (Å²) in [5, 5.41) is 16.3. The summed E-state index contributed by atoms with van der Waals surface area (Å²) in [5.74, 6) is 1.86. The minimum absolute atomic E-state index is 0.536. The lowest BCUT2D eigenvalue weighted by Gasteiger charge is -2.25. The minimum atomic E-state index is -4.55. The van der Waals surface area contributed by atoms with Crippen LogP contribution in [0.4, 0.5) is 13.2 Å². The van der Waals surface area contributed by atoms with Crippen LogP contribution in [-0.2, 0) is 0 Å². The topological polar surface area (TPSA) is 73.3 Å². The van der Waals surface area contributed by atoms with Crippen LogP contribution in [-0.4, -0.2) is 47.5 Å². The average molecular weight is 423 g/mol. The molecule has 1 aromatic carbocycles. The summed E-state index contributed by atoms with van der Waals surface area (Å²) < 4.78 is 44.6. The summed E-state index contributed by atoms with van der Waals surface area (Å²) in [6, 6.07) is 6.68. The summed E-state index contributed by atoms with van der Waals surface area (Å²) in [7, 11) is 1.73. The van der Waals surface area contributed by atoms with Gasteiger partial charge < -0.3 is 9.64 Å². The van der Waals surface area contributed by atoms with Gasteiger partial charge in [-0.05, 0) is 43.9 Å². The molecule has 0 aliphatic carbocycles. The van der Waals surface area contributed by atoms with E-state index < -0.39 is 29.7 Å². The number of amidine groups is 1. The maximum absolute atomic E-state index is 13.0. The number of likely N-dealkylation sites (N-methyl/N-ethyl adjacent to an activating group) is 1. The third-order valence-electron chi connectivity index (χ3n) is 4.35. The Labute approximate surface area is 171 Å². The van der Waals surface area contributed by atoms with Gasteiger partial charge in [0.25, 0.3) is 0 Å². The first-order valence-electron chi connectivity index (χ1n) is 8.93. The van der Waals surface area contributed by atoms with Crippen molar-refractivity contribution in [1.29, 1.82) is 5.26 Å². The third-order valence-corrected chi connectivity index (χ3v) is 5.28. The molecule has 154 valence electrons. The lowest BCUT2D eigenvalue weighted by atomic mass is 10.1. The molecule has 0 saturated carbocycles. The molecule has 2 unspecified atom stereocenters. The molecule has 0 saturated heterocycles. The zero-order valence-corrected chi connectivity index (χ0v) is 17.2. The van der Waals surface area contributed by atoms with Gasteiger partial charge in [0.2, 0.25) is 0 Å². The molecule has 1 aromatic rings. The van der Waals surface area contributed by atoms with Crippen molar-refractivity contribution in [2.45, 2.75) is 49.7 Å². The zero-order valence-electron chi connectivity index (χ0n) is 16.4. The van der Waals surface area contributed by atoms with E-state index in [1.54, 1.807) is 49.7 Å². The monoisotopic (exact) mass is 423 g/mol. The van der Waals surface area contributed by atoms with Crippen LogP contribution in [0, 0.1) is 11.3 Å². The lowest BCUT2D eigenvalue weighted by Crippen LogP contribution is -2.36. The number of fused-ring (bicyclic) bond motifs is 1. The Morgan fingerprint density at radius 2 is 2.03 bits per heavy atom. The van der Waals surface area contributed by atoms with Gasteiger partial charge in [-0.3, -0.25) is 4.99 Å². The fourth-order valence-corrected chi connectivity index (χ4v) is 3.82. The first-order chi connectivity index (χ1) is 13.6. The van der Waals surface area contributed by atoms with Gasteiger partial charge in [-0.2, -0.15) is 23.5 Å². The maximum atomic E-state index is 13.0. The fraction of sp³-hybridized carbons (Fsp3) is 0.474. The Morgan fingerprint density at radius 1 is 1.31 bits per heavy atom. The molecular weight excluding hydrogens is 403 g/mol. The highest BCUT2D eigenvalue weighted by atomic mass is 32.2. The predicted octanol–water partition coefficient (Wildman–Crippen LogP) is 4.78. The average Bonchev–Trinajstić information content (AvgIpc) is 2.97. The van der Waals surface area contributed by atoms with Crippen LogP contribution < -0.4 is 4.74 Å². The highest BCUT2D eigenvalue weighted by Gasteiger charge is 2.42. The molecule has 29 heavy (non-hydrogen) atoms. The second-order valence-corrected chi connectivity index (χ2v) is 8.35. The van der Waals surface area contributed by atoms with E-state index in [1.807, 2.05) is 13.0 Å². The van der Waals surface area contributed by atoms with E-state index in [2.05, 4.69) is 21.3 Å². The number of hydrogen-bond acceptors (Lipinski definition) is 7. The number of nitrogens with zero attached hydrogens (tertiary/aromatic N) is 5. The Hall–Kier alpha value is -2.54. The molecule has 0 N–H and O–H groups in total. The number of nitriles is 1. The van der Waals surface area contributed by atoms with Crippen LogP contribution in [0.5, 0.6) is 5.75 Å². The van der Waals surface area contributed by atoms with E-state index in [4.69, 9.17) is 4.74 Å². The first kappa shape index (κ1) is 21.2. The van der Waals surface area contributed by atoms with E-state index in [0.717, 1.165) is 22.3 Å². The summed E-state index contributed by atoms with van der Waals surface area (Å²) >= 11 is 1.56. The number of azo groups is 1. The van der Waals surface area contributed by atoms with Gasteiger partial charge in [0.15, 0.2) is 17.5 Å². The SMILES string of the molecule is CCSc1cc(OC(C)(C)C#N)ccc1C1=NC2C=C(C(F)(F)F)N=NC2N1C. The third kappa shape index (κ3) is 4.40. The Balaban J connectivity index is 1.97. The zero-order chi connectivity index (χ0) is 21.4. The molecule has 0 radical (unpaired) electrons. The molecule has 2 atom stereocenters. The molecule has 0 amide bonds. The lowest BCUT2D eigenvalue weighted by molar-refractivity contribution is -0.0942. The molecule has 2 aliphatic rings. The van der Waals surface area contributed by atoms with Crippen molar-refractivity contribution in [2.75, 3.05) is 12.8 Å². The molecule has 0 aromatic heterocycles. The van der Waals surface area contributed by atoms with Gasteiger partial charge in [0, 0.05) is 17.5 Å². The Kier molecular flexibility index (Phi) is 5.63. The summed E-state index contributed by atoms with van der Waals surface area (Å²) in [6.45, 7) is 5.33. The van der Waals surface area contributed by atoms with Crippen molar-refractivity contribution in [3.8, 4) is 11.8 Å². The number of rotatable bonds is 5. The second kappa shape index (κ2) is 7.71. The van der Waals surface area contributed by atoms with Gasteiger partial charge in [-0.1, -0.05) is 6.92 Å². The van der Waals surface area contributed by atoms with Crippen LogP contribution in [0.15, 0.2) is 50.1 Å². The number of aliphatic imine (C=N–C) groups is 1. The van der Waals surface area contributed by atoms with Gasteiger partial charge in [-0.15, -0.1) is 16.9 Å². The van der Waals surface area contributed by atoms with Crippen LogP contribution in [0.1, 0.15) is 26.3 Å². The van der Waals surface area contributed by atoms with Crippen LogP contribution >= 0.6 is 11.8 Å². The van der Waals surface area contributed by atoms with Crippen molar-refractivity contribution in [1.82, 2.24) is 4.90 Å². The highest BCUT2D eigenvalue weighted by molar-refractivity contribution is 7.99. The number of halogens is 3. The maximum Gasteiger partial charge on any atom is 0.434 e. The Bertz CT molecular complexity index is 933. The van der Waals surface area contributed by atoms with Gasteiger partial charge in [-0.25, -0.2) is 0 Å². The quantitative estimate of drug-likeness (QED) is 0.639. The van der Waals surface area contributed by atoms with E-state index in [-0.39, 0.29) is 0 Å². The van der Waals surface area contributed by atoms with Crippen LogP contribution in [0.2, 0.25) is 0 Å². The molecule has 6 nitrogen and oxygen atoms in total. The van der Waals surface area contributed by atoms with E-state index in [1.165, 1.54) is 0 Å². The second-order valence-electron chi connectivity index (χ2n) is 7.05. The van der Waals surface area contributed by atoms with E-state index >= 15 is 0 Å². The Morgan fingerprint density at radius 3 is 2.66 bits per heavy atom. The number of hydrogen-bond donors (Lipinski definition) is 0. The summed E-state index contributed by atoms with van der Waals surface area (Å²) in [6.07, 6.45) is -4.15. The number of thioether (sulfide) groups is 1. The highest BCUT2D eigenvalue weighted by Crippen LogP contribution is 2.36. The van der Waals surface area contributed by atoms with Crippen molar-refractivity contribution < 1.29 is 17.9 Å². The molecule has 10 heteroatoms. The summed E-state index contributed by atoms with van der Waals surface area (Å²) in [5.41, 5.74) is -1.23. The van der Waals surface area contributed by atoms with Gasteiger partial charge >= 0.3 is 6.18 Å². The normalized spacial score (nSPS) is 21.4. The minimum Gasteiger partial charge on any atom is -0.473 e. The van der Waals surface area contributed by atoms with Gasteiger partial charge in [0.05, 0.1) is 0 Å². The molecule has 2 aliphatic heterocycles. The molecule has 0 spiro atoms. The predicted molar refractivity (Wildman–Crippen MR) is 104 cm³/mol. The smallest absolute Gasteiger partial charge is 0.434 e. The van der Waals surface area contributed by atoms with Crippen molar-refractivity contribution in [2.24, 2.45) is 15.2 Å². The number of allylic oxidation sites excluding steroid dienone is 1. The fourth-order valence-electron chi connectivity index (χ4n) is 2.99.